The number of cyclic esters (lactones) is 1. The molecule has 1 aromatic carbocycles. The summed E-state index contributed by atoms with van der Waals surface area (Å²) in [4.78, 5) is 13.0. The van der Waals surface area contributed by atoms with Gasteiger partial charge in [0.05, 0.1) is 12.2 Å². The molecular formula is C12H14FNO2. The zero-order valence-electron chi connectivity index (χ0n) is 9.37. The van der Waals surface area contributed by atoms with Crippen molar-refractivity contribution in [2.24, 2.45) is 0 Å². The highest BCUT2D eigenvalue weighted by atomic mass is 19.1. The summed E-state index contributed by atoms with van der Waals surface area (Å²) < 4.78 is 18.5. The Morgan fingerprint density at radius 3 is 2.88 bits per heavy atom. The summed E-state index contributed by atoms with van der Waals surface area (Å²) in [5, 5.41) is 0. The van der Waals surface area contributed by atoms with E-state index in [1.807, 2.05) is 6.92 Å². The first-order valence-corrected chi connectivity index (χ1v) is 5.36. The van der Waals surface area contributed by atoms with E-state index < -0.39 is 6.09 Å². The lowest BCUT2D eigenvalue weighted by Crippen LogP contribution is -2.24. The fraction of sp³-hybridized carbons (Fsp3) is 0.417. The monoisotopic (exact) mass is 223 g/mol. The zero-order chi connectivity index (χ0) is 11.7. The second-order valence-corrected chi connectivity index (χ2v) is 3.96. The summed E-state index contributed by atoms with van der Waals surface area (Å²) >= 11 is 0. The summed E-state index contributed by atoms with van der Waals surface area (Å²) in [7, 11) is 0. The first-order chi connectivity index (χ1) is 7.61. The molecule has 0 aliphatic carbocycles. The van der Waals surface area contributed by atoms with Crippen LogP contribution in [0.1, 0.15) is 18.9 Å². The van der Waals surface area contributed by atoms with Gasteiger partial charge in [-0.05, 0) is 31.0 Å². The first-order valence-electron chi connectivity index (χ1n) is 5.36. The third-order valence-electron chi connectivity index (χ3n) is 2.80. The van der Waals surface area contributed by atoms with Gasteiger partial charge in [-0.1, -0.05) is 13.0 Å². The standard InChI is InChI=1S/C12H14FNO2/c1-3-10-7-14(12(15)16-10)9-5-4-8(2)11(13)6-9/h4-6,10H,3,7H2,1-2H3/t10-/m0/s1. The van der Waals surface area contributed by atoms with Gasteiger partial charge in [0.2, 0.25) is 0 Å². The molecule has 16 heavy (non-hydrogen) atoms. The van der Waals surface area contributed by atoms with Crippen molar-refractivity contribution in [3.05, 3.63) is 29.6 Å². The predicted molar refractivity (Wildman–Crippen MR) is 59.0 cm³/mol. The van der Waals surface area contributed by atoms with Crippen LogP contribution in [0.5, 0.6) is 0 Å². The molecule has 4 heteroatoms. The second kappa shape index (κ2) is 4.12. The molecule has 0 aromatic heterocycles. The molecule has 0 N–H and O–H groups in total. The lowest BCUT2D eigenvalue weighted by atomic mass is 10.2. The van der Waals surface area contributed by atoms with Crippen LogP contribution >= 0.6 is 0 Å². The maximum absolute atomic E-state index is 13.4. The van der Waals surface area contributed by atoms with Crippen molar-refractivity contribution in [1.29, 1.82) is 0 Å². The van der Waals surface area contributed by atoms with Gasteiger partial charge in [-0.2, -0.15) is 0 Å². The van der Waals surface area contributed by atoms with E-state index in [-0.39, 0.29) is 11.9 Å². The molecule has 0 spiro atoms. The van der Waals surface area contributed by atoms with Crippen LogP contribution in [-0.2, 0) is 4.74 Å². The van der Waals surface area contributed by atoms with Gasteiger partial charge in [-0.25, -0.2) is 9.18 Å². The minimum absolute atomic E-state index is 0.0862. The summed E-state index contributed by atoms with van der Waals surface area (Å²) in [6.45, 7) is 4.14. The number of halogens is 1. The SMILES string of the molecule is CC[C@H]1CN(c2ccc(C)c(F)c2)C(=O)O1. The van der Waals surface area contributed by atoms with Crippen molar-refractivity contribution < 1.29 is 13.9 Å². The molecule has 0 bridgehead atoms. The van der Waals surface area contributed by atoms with Crippen LogP contribution in [0.3, 0.4) is 0 Å². The molecule has 1 amide bonds. The molecule has 1 atom stereocenters. The topological polar surface area (TPSA) is 29.5 Å². The van der Waals surface area contributed by atoms with Crippen LogP contribution in [0.15, 0.2) is 18.2 Å². The lowest BCUT2D eigenvalue weighted by Gasteiger charge is -2.13. The van der Waals surface area contributed by atoms with Crippen LogP contribution < -0.4 is 4.90 Å². The Labute approximate surface area is 93.8 Å². The van der Waals surface area contributed by atoms with Crippen LogP contribution in [0, 0.1) is 12.7 Å². The van der Waals surface area contributed by atoms with E-state index in [0.717, 1.165) is 6.42 Å². The molecule has 2 rings (SSSR count). The third-order valence-corrected chi connectivity index (χ3v) is 2.80. The quantitative estimate of drug-likeness (QED) is 0.771. The van der Waals surface area contributed by atoms with Crippen LogP contribution in [0.2, 0.25) is 0 Å². The highest BCUT2D eigenvalue weighted by molar-refractivity contribution is 5.89. The molecule has 1 aliphatic rings. The van der Waals surface area contributed by atoms with Gasteiger partial charge < -0.3 is 4.74 Å². The highest BCUT2D eigenvalue weighted by Crippen LogP contribution is 2.24. The zero-order valence-corrected chi connectivity index (χ0v) is 9.37. The molecule has 1 heterocycles. The average molecular weight is 223 g/mol. The Kier molecular flexibility index (Phi) is 2.81. The maximum Gasteiger partial charge on any atom is 0.414 e. The number of rotatable bonds is 2. The number of hydrogen-bond acceptors (Lipinski definition) is 2. The van der Waals surface area contributed by atoms with Crippen molar-refractivity contribution >= 4 is 11.8 Å². The molecule has 3 nitrogen and oxygen atoms in total. The van der Waals surface area contributed by atoms with Crippen LogP contribution in [-0.4, -0.2) is 18.7 Å². The Balaban J connectivity index is 2.24. The number of nitrogens with zero attached hydrogens (tertiary/aromatic N) is 1. The van der Waals surface area contributed by atoms with Gasteiger partial charge in [0.25, 0.3) is 0 Å². The molecule has 1 saturated heterocycles. The van der Waals surface area contributed by atoms with E-state index in [1.165, 1.54) is 11.0 Å². The molecule has 0 radical (unpaired) electrons. The van der Waals surface area contributed by atoms with Gasteiger partial charge >= 0.3 is 6.09 Å². The van der Waals surface area contributed by atoms with Crippen molar-refractivity contribution in [3.63, 3.8) is 0 Å². The van der Waals surface area contributed by atoms with Crippen molar-refractivity contribution in [2.75, 3.05) is 11.4 Å². The Morgan fingerprint density at radius 2 is 2.31 bits per heavy atom. The average Bonchev–Trinajstić information content (AvgIpc) is 2.64. The fourth-order valence-electron chi connectivity index (χ4n) is 1.69. The molecule has 1 aliphatic heterocycles. The summed E-state index contributed by atoms with van der Waals surface area (Å²) in [5.41, 5.74) is 1.13. The number of benzene rings is 1. The van der Waals surface area contributed by atoms with Crippen LogP contribution in [0.4, 0.5) is 14.9 Å². The smallest absolute Gasteiger partial charge is 0.414 e. The van der Waals surface area contributed by atoms with Gasteiger partial charge in [0, 0.05) is 0 Å². The molecule has 0 saturated carbocycles. The van der Waals surface area contributed by atoms with E-state index >= 15 is 0 Å². The molecular weight excluding hydrogens is 209 g/mol. The minimum atomic E-state index is -0.393. The van der Waals surface area contributed by atoms with Crippen molar-refractivity contribution in [3.8, 4) is 0 Å². The Bertz CT molecular complexity index is 419. The fourth-order valence-corrected chi connectivity index (χ4v) is 1.69. The summed E-state index contributed by atoms with van der Waals surface area (Å²) in [5.74, 6) is -0.301. The molecule has 1 aromatic rings. The largest absolute Gasteiger partial charge is 0.444 e. The van der Waals surface area contributed by atoms with Gasteiger partial charge in [0.15, 0.2) is 0 Å². The van der Waals surface area contributed by atoms with Gasteiger partial charge in [-0.3, -0.25) is 4.90 Å². The Hall–Kier alpha value is -1.58. The van der Waals surface area contributed by atoms with E-state index in [2.05, 4.69) is 0 Å². The number of anilines is 1. The summed E-state index contributed by atoms with van der Waals surface area (Å²) in [6.07, 6.45) is 0.295. The number of ether oxygens (including phenoxy) is 1. The molecule has 1 fully saturated rings. The van der Waals surface area contributed by atoms with Crippen LogP contribution in [0.25, 0.3) is 0 Å². The number of hydrogen-bond donors (Lipinski definition) is 0. The number of carbonyl (C=O) groups excluding carboxylic acids is 1. The highest BCUT2D eigenvalue weighted by Gasteiger charge is 2.31. The summed E-state index contributed by atoms with van der Waals surface area (Å²) in [6, 6.07) is 4.77. The van der Waals surface area contributed by atoms with Gasteiger partial charge in [-0.15, -0.1) is 0 Å². The van der Waals surface area contributed by atoms with E-state index in [1.54, 1.807) is 19.1 Å². The molecule has 86 valence electrons. The Morgan fingerprint density at radius 1 is 1.56 bits per heavy atom. The maximum atomic E-state index is 13.4. The third kappa shape index (κ3) is 1.87. The number of aryl methyl sites for hydroxylation is 1. The minimum Gasteiger partial charge on any atom is -0.444 e. The second-order valence-electron chi connectivity index (χ2n) is 3.96. The van der Waals surface area contributed by atoms with E-state index in [9.17, 15) is 9.18 Å². The number of carbonyl (C=O) groups is 1. The lowest BCUT2D eigenvalue weighted by molar-refractivity contribution is 0.139. The predicted octanol–water partition coefficient (Wildman–Crippen LogP) is 2.87. The van der Waals surface area contributed by atoms with Gasteiger partial charge in [0.1, 0.15) is 11.9 Å². The molecule has 0 unspecified atom stereocenters. The van der Waals surface area contributed by atoms with Crippen molar-refractivity contribution in [2.45, 2.75) is 26.4 Å². The van der Waals surface area contributed by atoms with Crippen molar-refractivity contribution in [1.82, 2.24) is 0 Å². The first kappa shape index (κ1) is 10.9. The number of amides is 1. The van der Waals surface area contributed by atoms with E-state index in [4.69, 9.17) is 4.74 Å². The normalized spacial score (nSPS) is 20.1. The van der Waals surface area contributed by atoms with E-state index in [0.29, 0.717) is 17.8 Å².